The van der Waals surface area contributed by atoms with E-state index < -0.39 is 89.8 Å². The number of nitrogens with zero attached hydrogens (tertiary/aromatic N) is 6. The number of hydrogen-bond donors (Lipinski definition) is 5. The van der Waals surface area contributed by atoms with Crippen molar-refractivity contribution in [1.29, 1.82) is 0 Å². The van der Waals surface area contributed by atoms with Gasteiger partial charge in [-0.1, -0.05) is 12.8 Å². The predicted octanol–water partition coefficient (Wildman–Crippen LogP) is 9.38. The van der Waals surface area contributed by atoms with E-state index in [1.54, 1.807) is 45.6 Å². The molecule has 0 radical (unpaired) electrons. The lowest BCUT2D eigenvalue weighted by Crippen LogP contribution is -2.55. The van der Waals surface area contributed by atoms with Crippen molar-refractivity contribution in [3.8, 4) is 0 Å². The molecule has 0 unspecified atom stereocenters. The van der Waals surface area contributed by atoms with Crippen LogP contribution < -0.4 is 20.4 Å². The molecule has 418 valence electrons. The first kappa shape index (κ1) is 53.3. The molecule has 3 aromatic carbocycles. The zero-order chi connectivity index (χ0) is 54.8. The zero-order valence-electron chi connectivity index (χ0n) is 44.5. The van der Waals surface area contributed by atoms with Gasteiger partial charge in [0.25, 0.3) is 0 Å². The normalized spacial score (nSPS) is 26.6. The molecule has 12 atom stereocenters. The number of carbonyl (C=O) groups is 4. The molecule has 5 aromatic rings. The van der Waals surface area contributed by atoms with Crippen molar-refractivity contribution in [1.82, 2.24) is 40.4 Å². The van der Waals surface area contributed by atoms with Gasteiger partial charge in [-0.2, -0.15) is 0 Å². The number of amides is 4. The second kappa shape index (κ2) is 21.5. The van der Waals surface area contributed by atoms with E-state index in [9.17, 15) is 24.3 Å². The van der Waals surface area contributed by atoms with Crippen LogP contribution in [0.2, 0.25) is 0 Å². The Balaban J connectivity index is 0.958. The maximum atomic E-state index is 17.1. The third kappa shape index (κ3) is 9.52. The largest absolute Gasteiger partial charge is 0.465 e. The summed E-state index contributed by atoms with van der Waals surface area (Å²) in [5, 5.41) is 14.7. The number of rotatable bonds is 14. The first-order valence-electron chi connectivity index (χ1n) is 27.5. The molecule has 11 rings (SSSR count). The minimum absolute atomic E-state index is 0.0985. The summed E-state index contributed by atoms with van der Waals surface area (Å²) in [5.74, 6) is -2.49. The number of anilines is 2. The fourth-order valence-corrected chi connectivity index (χ4v) is 14.2. The van der Waals surface area contributed by atoms with Gasteiger partial charge in [0.1, 0.15) is 41.1 Å². The van der Waals surface area contributed by atoms with E-state index in [2.05, 4.69) is 20.6 Å². The van der Waals surface area contributed by atoms with Gasteiger partial charge in [0.05, 0.1) is 65.6 Å². The van der Waals surface area contributed by atoms with Crippen LogP contribution in [0.5, 0.6) is 0 Å². The van der Waals surface area contributed by atoms with Crippen LogP contribution in [0, 0.1) is 35.1 Å². The van der Waals surface area contributed by atoms with Gasteiger partial charge in [0, 0.05) is 68.3 Å². The molecule has 4 amide bonds. The lowest BCUT2D eigenvalue weighted by Gasteiger charge is -2.35. The van der Waals surface area contributed by atoms with Crippen LogP contribution in [0.15, 0.2) is 36.4 Å². The number of aromatic amines is 2. The molecule has 6 heterocycles. The maximum absolute atomic E-state index is 17.1. The van der Waals surface area contributed by atoms with Gasteiger partial charge in [-0.3, -0.25) is 9.59 Å². The van der Waals surface area contributed by atoms with Crippen molar-refractivity contribution >= 4 is 57.4 Å². The summed E-state index contributed by atoms with van der Waals surface area (Å²) in [5.41, 5.74) is 1.82. The van der Waals surface area contributed by atoms with Gasteiger partial charge in [-0.15, -0.1) is 0 Å². The monoisotopic (exact) mass is 1080 g/mol. The van der Waals surface area contributed by atoms with Crippen molar-refractivity contribution in [3.63, 3.8) is 0 Å². The van der Waals surface area contributed by atoms with Crippen molar-refractivity contribution in [3.05, 3.63) is 82.4 Å². The number of alkyl carbamates (subject to hydrolysis) is 1. The van der Waals surface area contributed by atoms with Crippen molar-refractivity contribution in [2.24, 2.45) is 11.8 Å². The minimum Gasteiger partial charge on any atom is -0.465 e. The summed E-state index contributed by atoms with van der Waals surface area (Å²) >= 11 is 0. The number of hydrogen-bond acceptors (Lipinski definition) is 11. The SMILES string of the molecule is COC(=O)N[C@H](C(=O)N1[C@H](c2nc3cc(F)c([C@H]4CC[C@H](c5cc6[nH]c([C@@H]7C[C@@H]8CCC[C@@H]8N7C(=O)[C@@H](NC(=O)O)[C@@H](C)OC)nc6cc5F)N4c4cc(F)c(N5CCCCC5)c(F)c4)cc3[nH]2)C[C@@H]2CCC[C@@H]21)[C@@H](C)OC. The molecule has 22 heteroatoms. The van der Waals surface area contributed by atoms with Crippen molar-refractivity contribution in [2.75, 3.05) is 44.2 Å². The molecule has 4 aliphatic heterocycles. The van der Waals surface area contributed by atoms with Crippen LogP contribution in [0.1, 0.15) is 144 Å². The lowest BCUT2D eigenvalue weighted by molar-refractivity contribution is -0.140. The number of methoxy groups -OCH3 is 3. The summed E-state index contributed by atoms with van der Waals surface area (Å²) in [7, 11) is 4.08. The Hall–Kier alpha value is -6.68. The summed E-state index contributed by atoms with van der Waals surface area (Å²) in [6.45, 7) is 4.29. The average Bonchev–Trinajstić information content (AvgIpc) is 4.44. The number of likely N-dealkylation sites (tertiary alicyclic amines) is 2. The van der Waals surface area contributed by atoms with Gasteiger partial charge in [-0.25, -0.2) is 37.1 Å². The van der Waals surface area contributed by atoms with E-state index in [1.165, 1.54) is 45.6 Å². The molecule has 6 aliphatic rings. The van der Waals surface area contributed by atoms with Crippen molar-refractivity contribution < 1.29 is 56.1 Å². The van der Waals surface area contributed by atoms with E-state index in [0.29, 0.717) is 54.1 Å². The van der Waals surface area contributed by atoms with Crippen LogP contribution in [-0.4, -0.2) is 130 Å². The number of imidazole rings is 2. The molecule has 78 heavy (non-hydrogen) atoms. The highest BCUT2D eigenvalue weighted by Gasteiger charge is 2.52. The molecule has 5 N–H and O–H groups in total. The number of carbonyl (C=O) groups excluding carboxylic acids is 3. The summed E-state index contributed by atoms with van der Waals surface area (Å²) in [6, 6.07) is 3.00. The van der Waals surface area contributed by atoms with Crippen LogP contribution in [0.3, 0.4) is 0 Å². The second-order valence-corrected chi connectivity index (χ2v) is 22.3. The molecule has 6 fully saturated rings. The van der Waals surface area contributed by atoms with Crippen LogP contribution in [-0.2, 0) is 23.8 Å². The number of carboxylic acid groups (broad SMARTS) is 1. The van der Waals surface area contributed by atoms with E-state index in [-0.39, 0.29) is 70.7 Å². The standard InChI is InChI=1S/C56H68F4N10O8/c1-27(76-3)48(65-55(73)74)53(71)69-42-13-9-11-29(42)19-46(69)51-61-38-23-32(34(57)25-40(38)63-51)44-15-16-45(68(44)31-21-36(59)50(37(60)22-31)67-17-7-6-8-18-67)33-24-39-41(26-35(33)58)64-52(62-39)47-20-30-12-10-14-43(30)70(47)54(72)49(28(2)77-4)66-56(75)78-5/h21-30,42-49,65H,6-20H2,1-5H3,(H,61,63)(H,62,64)(H,66,75)(H,73,74)/t27-,28-,29+,30+,42+,43+,44-,45-,46+,47+,48+,49+/m1/s1. The van der Waals surface area contributed by atoms with E-state index in [4.69, 9.17) is 24.2 Å². The Labute approximate surface area is 448 Å². The Kier molecular flexibility index (Phi) is 14.7. The van der Waals surface area contributed by atoms with Crippen molar-refractivity contribution in [2.45, 2.75) is 158 Å². The van der Waals surface area contributed by atoms with E-state index in [1.807, 2.05) is 0 Å². The first-order valence-corrected chi connectivity index (χ1v) is 27.5. The topological polar surface area (TPSA) is 211 Å². The number of nitrogens with one attached hydrogen (secondary N) is 4. The van der Waals surface area contributed by atoms with Crippen LogP contribution >= 0.6 is 0 Å². The van der Waals surface area contributed by atoms with Crippen LogP contribution in [0.4, 0.5) is 38.5 Å². The highest BCUT2D eigenvalue weighted by atomic mass is 19.1. The number of ether oxygens (including phenoxy) is 3. The maximum Gasteiger partial charge on any atom is 0.407 e. The van der Waals surface area contributed by atoms with Gasteiger partial charge >= 0.3 is 12.2 Å². The molecule has 2 aliphatic carbocycles. The number of fused-ring (bicyclic) bond motifs is 4. The van der Waals surface area contributed by atoms with Gasteiger partial charge in [0.15, 0.2) is 11.6 Å². The van der Waals surface area contributed by atoms with Gasteiger partial charge in [-0.05, 0) is 121 Å². The van der Waals surface area contributed by atoms with Crippen LogP contribution in [0.25, 0.3) is 22.1 Å². The van der Waals surface area contributed by atoms with Gasteiger partial charge < -0.3 is 59.5 Å². The van der Waals surface area contributed by atoms with E-state index in [0.717, 1.165) is 57.8 Å². The number of H-pyrrole nitrogens is 2. The molecule has 0 spiro atoms. The molecule has 2 saturated carbocycles. The molecule has 2 aromatic heterocycles. The number of benzene rings is 3. The lowest BCUT2D eigenvalue weighted by atomic mass is 10.0. The molecule has 4 saturated heterocycles. The summed E-state index contributed by atoms with van der Waals surface area (Å²) < 4.78 is 83.2. The first-order chi connectivity index (χ1) is 37.6. The van der Waals surface area contributed by atoms with Gasteiger partial charge in [0.2, 0.25) is 11.8 Å². The number of piperidine rings is 1. The Bertz CT molecular complexity index is 3090. The van der Waals surface area contributed by atoms with E-state index >= 15 is 17.6 Å². The third-order valence-electron chi connectivity index (χ3n) is 18.1. The summed E-state index contributed by atoms with van der Waals surface area (Å²) in [6.07, 6.45) is 5.65. The number of aromatic nitrogens is 4. The average molecular weight is 1090 g/mol. The third-order valence-corrected chi connectivity index (χ3v) is 18.1. The molecular weight excluding hydrogens is 1020 g/mol. The molecule has 0 bridgehead atoms. The quantitative estimate of drug-likeness (QED) is 0.0659. The highest BCUT2D eigenvalue weighted by molar-refractivity contribution is 5.88. The Morgan fingerprint density at radius 3 is 1.54 bits per heavy atom. The smallest absolute Gasteiger partial charge is 0.407 e. The zero-order valence-corrected chi connectivity index (χ0v) is 44.5. The predicted molar refractivity (Wildman–Crippen MR) is 280 cm³/mol. The summed E-state index contributed by atoms with van der Waals surface area (Å²) in [4.78, 5) is 76.7. The number of halogens is 4. The fourth-order valence-electron chi connectivity index (χ4n) is 14.2. The molecular formula is C56H68F4N10O8. The second-order valence-electron chi connectivity index (χ2n) is 22.3. The molecule has 18 nitrogen and oxygen atoms in total. The highest BCUT2D eigenvalue weighted by Crippen LogP contribution is 2.52. The Morgan fingerprint density at radius 1 is 0.615 bits per heavy atom. The minimum atomic E-state index is -1.37. The Morgan fingerprint density at radius 2 is 1.09 bits per heavy atom. The fraction of sp³-hybridized carbons (Fsp3) is 0.571.